The van der Waals surface area contributed by atoms with Crippen LogP contribution in [0.4, 0.5) is 5.82 Å². The van der Waals surface area contributed by atoms with E-state index in [-0.39, 0.29) is 23.3 Å². The van der Waals surface area contributed by atoms with Gasteiger partial charge in [0.2, 0.25) is 0 Å². The van der Waals surface area contributed by atoms with Gasteiger partial charge in [-0.2, -0.15) is 5.10 Å². The van der Waals surface area contributed by atoms with Crippen molar-refractivity contribution in [1.82, 2.24) is 20.2 Å². The molecule has 3 atom stereocenters. The van der Waals surface area contributed by atoms with Crippen molar-refractivity contribution in [2.75, 3.05) is 5.32 Å². The number of nitrogens with one attached hydrogen (secondary N) is 2. The van der Waals surface area contributed by atoms with Gasteiger partial charge in [0.05, 0.1) is 17.5 Å². The highest BCUT2D eigenvalue weighted by molar-refractivity contribution is 5.85. The van der Waals surface area contributed by atoms with Gasteiger partial charge in [-0.25, -0.2) is 9.97 Å². The number of nitrogens with zero attached hydrogens (tertiary/aromatic N) is 3. The standard InChI is InChI=1S/C14H19N5O2/c1-7(9-4-10(13(20)21)14(9,2)3)18-11-8-5-17-19-12(8)16-6-15-11/h5-7,9-10H,4H2,1-3H3,(H,20,21)(H2,15,16,17,18,19)/t7?,9-,10+/m0/s1. The lowest BCUT2D eigenvalue weighted by molar-refractivity contribution is -0.159. The van der Waals surface area contributed by atoms with Gasteiger partial charge >= 0.3 is 5.97 Å². The molecular formula is C14H19N5O2. The third kappa shape index (κ3) is 2.12. The minimum atomic E-state index is -0.706. The predicted octanol–water partition coefficient (Wildman–Crippen LogP) is 1.90. The van der Waals surface area contributed by atoms with E-state index < -0.39 is 5.97 Å². The Morgan fingerprint density at radius 3 is 2.95 bits per heavy atom. The molecule has 2 heterocycles. The third-order valence-electron chi connectivity index (χ3n) is 4.86. The fourth-order valence-corrected chi connectivity index (χ4v) is 3.42. The Morgan fingerprint density at radius 2 is 2.29 bits per heavy atom. The second-order valence-electron chi connectivity index (χ2n) is 6.34. The van der Waals surface area contributed by atoms with E-state index in [0.717, 1.165) is 11.2 Å². The Labute approximate surface area is 122 Å². The fraction of sp³-hybridized carbons (Fsp3) is 0.571. The Hall–Kier alpha value is -2.18. The average Bonchev–Trinajstić information content (AvgIpc) is 2.86. The second-order valence-corrected chi connectivity index (χ2v) is 6.34. The molecule has 2 aromatic heterocycles. The molecule has 1 fully saturated rings. The van der Waals surface area contributed by atoms with Gasteiger partial charge < -0.3 is 10.4 Å². The summed E-state index contributed by atoms with van der Waals surface area (Å²) in [4.78, 5) is 19.6. The fourth-order valence-electron chi connectivity index (χ4n) is 3.42. The molecule has 3 N–H and O–H groups in total. The number of aromatic nitrogens is 4. The van der Waals surface area contributed by atoms with E-state index >= 15 is 0 Å². The van der Waals surface area contributed by atoms with Crippen molar-refractivity contribution in [3.8, 4) is 0 Å². The molecule has 7 nitrogen and oxygen atoms in total. The van der Waals surface area contributed by atoms with Crippen molar-refractivity contribution in [3.05, 3.63) is 12.5 Å². The molecule has 1 aliphatic rings. The largest absolute Gasteiger partial charge is 0.481 e. The van der Waals surface area contributed by atoms with Crippen molar-refractivity contribution in [1.29, 1.82) is 0 Å². The number of carboxylic acid groups (broad SMARTS) is 1. The summed E-state index contributed by atoms with van der Waals surface area (Å²) in [5.74, 6) is 0.0418. The maximum atomic E-state index is 11.2. The zero-order chi connectivity index (χ0) is 15.2. The molecule has 0 saturated heterocycles. The summed E-state index contributed by atoms with van der Waals surface area (Å²) in [5, 5.41) is 20.2. The molecule has 1 unspecified atom stereocenters. The quantitative estimate of drug-likeness (QED) is 0.794. The van der Waals surface area contributed by atoms with Crippen LogP contribution in [0.1, 0.15) is 27.2 Å². The first kappa shape index (κ1) is 13.8. The van der Waals surface area contributed by atoms with E-state index in [0.29, 0.717) is 12.1 Å². The number of carbonyl (C=O) groups is 1. The molecule has 0 amide bonds. The first-order chi connectivity index (χ1) is 9.91. The van der Waals surface area contributed by atoms with E-state index in [9.17, 15) is 9.90 Å². The molecule has 3 rings (SSSR count). The van der Waals surface area contributed by atoms with Crippen LogP contribution in [0.5, 0.6) is 0 Å². The normalized spacial score (nSPS) is 25.3. The summed E-state index contributed by atoms with van der Waals surface area (Å²) in [7, 11) is 0. The van der Waals surface area contributed by atoms with Crippen LogP contribution < -0.4 is 5.32 Å². The molecule has 1 saturated carbocycles. The Morgan fingerprint density at radius 1 is 1.52 bits per heavy atom. The number of H-pyrrole nitrogens is 1. The average molecular weight is 289 g/mol. The van der Waals surface area contributed by atoms with Crippen molar-refractivity contribution in [2.24, 2.45) is 17.3 Å². The first-order valence-corrected chi connectivity index (χ1v) is 7.04. The number of hydrogen-bond donors (Lipinski definition) is 3. The van der Waals surface area contributed by atoms with Gasteiger partial charge in [0.25, 0.3) is 0 Å². The van der Waals surface area contributed by atoms with Crippen LogP contribution in [0.2, 0.25) is 0 Å². The maximum Gasteiger partial charge on any atom is 0.307 e. The highest BCUT2D eigenvalue weighted by Crippen LogP contribution is 2.53. The van der Waals surface area contributed by atoms with Crippen molar-refractivity contribution >= 4 is 22.8 Å². The van der Waals surface area contributed by atoms with Crippen LogP contribution >= 0.6 is 0 Å². The molecular weight excluding hydrogens is 270 g/mol. The zero-order valence-corrected chi connectivity index (χ0v) is 12.3. The maximum absolute atomic E-state index is 11.2. The SMILES string of the molecule is CC(Nc1ncnc2[nH]ncc12)[C@@H]1C[C@H](C(=O)O)C1(C)C. The number of carboxylic acids is 1. The topological polar surface area (TPSA) is 104 Å². The molecule has 2 aromatic rings. The van der Waals surface area contributed by atoms with Gasteiger partial charge in [-0.1, -0.05) is 13.8 Å². The van der Waals surface area contributed by atoms with Gasteiger partial charge in [-0.05, 0) is 24.7 Å². The molecule has 0 radical (unpaired) electrons. The van der Waals surface area contributed by atoms with Gasteiger partial charge in [0.15, 0.2) is 5.65 Å². The highest BCUT2D eigenvalue weighted by atomic mass is 16.4. The lowest BCUT2D eigenvalue weighted by atomic mass is 9.52. The first-order valence-electron chi connectivity index (χ1n) is 7.04. The van der Waals surface area contributed by atoms with E-state index in [1.54, 1.807) is 6.20 Å². The molecule has 112 valence electrons. The van der Waals surface area contributed by atoms with Crippen LogP contribution in [0.15, 0.2) is 12.5 Å². The monoisotopic (exact) mass is 289 g/mol. The zero-order valence-electron chi connectivity index (χ0n) is 12.3. The Bertz CT molecular complexity index is 681. The van der Waals surface area contributed by atoms with Crippen molar-refractivity contribution < 1.29 is 9.90 Å². The summed E-state index contributed by atoms with van der Waals surface area (Å²) in [6.07, 6.45) is 3.87. The highest BCUT2D eigenvalue weighted by Gasteiger charge is 2.53. The van der Waals surface area contributed by atoms with Crippen LogP contribution in [0.25, 0.3) is 11.0 Å². The molecule has 0 aliphatic heterocycles. The van der Waals surface area contributed by atoms with E-state index in [4.69, 9.17) is 0 Å². The van der Waals surface area contributed by atoms with Crippen LogP contribution in [-0.4, -0.2) is 37.3 Å². The number of fused-ring (bicyclic) bond motifs is 1. The minimum absolute atomic E-state index is 0.128. The molecule has 1 aliphatic carbocycles. The summed E-state index contributed by atoms with van der Waals surface area (Å²) >= 11 is 0. The Kier molecular flexibility index (Phi) is 3.07. The van der Waals surface area contributed by atoms with Crippen molar-refractivity contribution in [3.63, 3.8) is 0 Å². The molecule has 0 spiro atoms. The summed E-state index contributed by atoms with van der Waals surface area (Å²) in [6.45, 7) is 6.11. The van der Waals surface area contributed by atoms with E-state index in [1.807, 2.05) is 13.8 Å². The van der Waals surface area contributed by atoms with Gasteiger partial charge in [0.1, 0.15) is 12.1 Å². The smallest absolute Gasteiger partial charge is 0.307 e. The molecule has 0 bridgehead atoms. The number of aromatic amines is 1. The van der Waals surface area contributed by atoms with Gasteiger partial charge in [-0.15, -0.1) is 0 Å². The number of aliphatic carboxylic acids is 1. The number of hydrogen-bond acceptors (Lipinski definition) is 5. The molecule has 21 heavy (non-hydrogen) atoms. The lowest BCUT2D eigenvalue weighted by Gasteiger charge is -2.52. The number of anilines is 1. The van der Waals surface area contributed by atoms with E-state index in [1.165, 1.54) is 6.33 Å². The lowest BCUT2D eigenvalue weighted by Crippen LogP contribution is -2.54. The second kappa shape index (κ2) is 4.68. The van der Waals surface area contributed by atoms with Crippen LogP contribution in [0, 0.1) is 17.3 Å². The van der Waals surface area contributed by atoms with Crippen molar-refractivity contribution in [2.45, 2.75) is 33.2 Å². The van der Waals surface area contributed by atoms with Crippen LogP contribution in [-0.2, 0) is 4.79 Å². The van der Waals surface area contributed by atoms with Gasteiger partial charge in [-0.3, -0.25) is 9.89 Å². The summed E-state index contributed by atoms with van der Waals surface area (Å²) < 4.78 is 0. The van der Waals surface area contributed by atoms with Crippen LogP contribution in [0.3, 0.4) is 0 Å². The number of rotatable bonds is 4. The van der Waals surface area contributed by atoms with E-state index in [2.05, 4.69) is 32.4 Å². The Balaban J connectivity index is 1.77. The molecule has 7 heteroatoms. The van der Waals surface area contributed by atoms with Gasteiger partial charge in [0, 0.05) is 6.04 Å². The predicted molar refractivity (Wildman–Crippen MR) is 77.8 cm³/mol. The summed E-state index contributed by atoms with van der Waals surface area (Å²) in [6, 6.07) is 0.128. The summed E-state index contributed by atoms with van der Waals surface area (Å²) in [5.41, 5.74) is 0.469. The minimum Gasteiger partial charge on any atom is -0.481 e. The molecule has 0 aromatic carbocycles. The third-order valence-corrected chi connectivity index (χ3v) is 4.86.